The smallest absolute Gasteiger partial charge is 0.345 e. The van der Waals surface area contributed by atoms with Crippen molar-refractivity contribution in [3.8, 4) is 0 Å². The summed E-state index contributed by atoms with van der Waals surface area (Å²) in [5.41, 5.74) is -5.37. The second-order valence-corrected chi connectivity index (χ2v) is 13.5. The van der Waals surface area contributed by atoms with Crippen LogP contribution in [0.2, 0.25) is 0 Å². The molecule has 4 rings (SSSR count). The Hall–Kier alpha value is -3.12. The van der Waals surface area contributed by atoms with Crippen molar-refractivity contribution in [1.82, 2.24) is 0 Å². The molecule has 2 aliphatic heterocycles. The van der Waals surface area contributed by atoms with Crippen LogP contribution in [0.5, 0.6) is 0 Å². The van der Waals surface area contributed by atoms with Crippen LogP contribution < -0.4 is 0 Å². The third-order valence-corrected chi connectivity index (χ3v) is 7.62. The van der Waals surface area contributed by atoms with Crippen LogP contribution in [-0.4, -0.2) is 75.3 Å². The minimum atomic E-state index is -2.55. The average molecular weight is 627 g/mol. The van der Waals surface area contributed by atoms with Gasteiger partial charge in [-0.15, -0.1) is 0 Å². The fraction of sp³-hybridized carbons (Fsp3) is 0.543. The Labute approximate surface area is 265 Å². The van der Waals surface area contributed by atoms with E-state index in [2.05, 4.69) is 6.58 Å². The van der Waals surface area contributed by atoms with E-state index in [4.69, 9.17) is 28.4 Å². The van der Waals surface area contributed by atoms with Crippen molar-refractivity contribution in [3.63, 3.8) is 0 Å². The van der Waals surface area contributed by atoms with Gasteiger partial charge in [0.15, 0.2) is 17.5 Å². The molecule has 2 N–H and O–H groups in total. The van der Waals surface area contributed by atoms with E-state index < -0.39 is 58.4 Å². The van der Waals surface area contributed by atoms with Crippen LogP contribution in [0.3, 0.4) is 0 Å². The first-order valence-electron chi connectivity index (χ1n) is 15.2. The lowest BCUT2D eigenvalue weighted by Crippen LogP contribution is -2.75. The van der Waals surface area contributed by atoms with Crippen molar-refractivity contribution < 1.29 is 48.2 Å². The molecule has 2 bridgehead atoms. The molecule has 0 spiro atoms. The van der Waals surface area contributed by atoms with E-state index in [0.29, 0.717) is 0 Å². The van der Waals surface area contributed by atoms with Crippen molar-refractivity contribution in [3.05, 3.63) is 84.4 Å². The minimum absolute atomic E-state index is 0.00891. The zero-order chi connectivity index (χ0) is 33.1. The summed E-state index contributed by atoms with van der Waals surface area (Å²) < 4.78 is 37.7. The lowest BCUT2D eigenvalue weighted by molar-refractivity contribution is -0.376. The third kappa shape index (κ3) is 7.16. The van der Waals surface area contributed by atoms with Crippen LogP contribution in [0.25, 0.3) is 0 Å². The van der Waals surface area contributed by atoms with Crippen molar-refractivity contribution in [2.24, 2.45) is 0 Å². The van der Waals surface area contributed by atoms with Gasteiger partial charge in [-0.1, -0.05) is 73.3 Å². The number of fused-ring (bicyclic) bond motifs is 2. The number of esters is 2. The fourth-order valence-electron chi connectivity index (χ4n) is 5.75. The summed E-state index contributed by atoms with van der Waals surface area (Å²) >= 11 is 0. The quantitative estimate of drug-likeness (QED) is 0.258. The Morgan fingerprint density at radius 2 is 1.38 bits per heavy atom. The zero-order valence-electron chi connectivity index (χ0n) is 27.0. The summed E-state index contributed by atoms with van der Waals surface area (Å²) in [7, 11) is 0. The van der Waals surface area contributed by atoms with Crippen molar-refractivity contribution >= 4 is 11.9 Å². The molecule has 0 aliphatic carbocycles. The van der Waals surface area contributed by atoms with E-state index in [1.807, 2.05) is 60.7 Å². The van der Waals surface area contributed by atoms with Gasteiger partial charge in [0.25, 0.3) is 0 Å². The Morgan fingerprint density at radius 3 is 1.84 bits per heavy atom. The van der Waals surface area contributed by atoms with E-state index in [-0.39, 0.29) is 32.7 Å². The molecule has 10 heteroatoms. The number of hydrogen-bond donors (Lipinski definition) is 2. The molecule has 2 saturated heterocycles. The van der Waals surface area contributed by atoms with Crippen molar-refractivity contribution in [2.75, 3.05) is 6.61 Å². The SMILES string of the molecule is C=C[C@]1(O)[C@@H](C(=O)OC(C)(C)C)O[C@@]2(CCCO)O[C@]1(C(=O)OC(C)(C)C)[C@H](OCc1ccccc1)[C@H]2OCc1ccccc1. The zero-order valence-corrected chi connectivity index (χ0v) is 27.0. The highest BCUT2D eigenvalue weighted by Gasteiger charge is 2.82. The largest absolute Gasteiger partial charge is 0.458 e. The predicted octanol–water partition coefficient (Wildman–Crippen LogP) is 4.39. The molecule has 10 nitrogen and oxygen atoms in total. The van der Waals surface area contributed by atoms with E-state index in [0.717, 1.165) is 17.2 Å². The Balaban J connectivity index is 1.94. The fourth-order valence-corrected chi connectivity index (χ4v) is 5.75. The van der Waals surface area contributed by atoms with Gasteiger partial charge in [0.1, 0.15) is 23.4 Å². The summed E-state index contributed by atoms with van der Waals surface area (Å²) in [4.78, 5) is 28.4. The van der Waals surface area contributed by atoms with Gasteiger partial charge in [0, 0.05) is 13.0 Å². The topological polar surface area (TPSA) is 130 Å². The molecule has 6 atom stereocenters. The molecule has 2 aromatic rings. The third-order valence-electron chi connectivity index (χ3n) is 7.62. The standard InChI is InChI=1S/C35H46O10/c1-8-33(39)28(29(37)43-31(2,3)4)42-34(20-15-21-36)26(40-22-24-16-11-9-12-17-24)27(41-23-25-18-13-10-14-19-25)35(33,45-34)30(38)44-32(5,6)7/h8-14,16-19,26-28,36,39H,1,15,20-23H2,2-7H3/t26-,27-,28-,33+,34+,35+/m1/s1. The number of hydrogen-bond acceptors (Lipinski definition) is 10. The van der Waals surface area contributed by atoms with E-state index in [1.165, 1.54) is 0 Å². The maximum atomic E-state index is 14.5. The molecule has 2 fully saturated rings. The normalized spacial score (nSPS) is 29.6. The molecule has 2 heterocycles. The van der Waals surface area contributed by atoms with Crippen LogP contribution in [0.4, 0.5) is 0 Å². The Morgan fingerprint density at radius 1 is 0.867 bits per heavy atom. The molecule has 2 aromatic carbocycles. The van der Waals surface area contributed by atoms with Gasteiger partial charge in [-0.2, -0.15) is 0 Å². The van der Waals surface area contributed by atoms with Gasteiger partial charge in [-0.3, -0.25) is 0 Å². The maximum Gasteiger partial charge on any atom is 0.345 e. The van der Waals surface area contributed by atoms with E-state index in [9.17, 15) is 19.8 Å². The average Bonchev–Trinajstić information content (AvgIpc) is 3.22. The molecule has 0 amide bonds. The van der Waals surface area contributed by atoms with Gasteiger partial charge in [-0.05, 0) is 59.1 Å². The number of aliphatic hydroxyl groups excluding tert-OH is 1. The highest BCUT2D eigenvalue weighted by molar-refractivity contribution is 5.88. The lowest BCUT2D eigenvalue weighted by Gasteiger charge is -2.51. The van der Waals surface area contributed by atoms with Crippen LogP contribution in [0.15, 0.2) is 73.3 Å². The summed E-state index contributed by atoms with van der Waals surface area (Å²) in [6, 6.07) is 18.6. The highest BCUT2D eigenvalue weighted by Crippen LogP contribution is 2.57. The number of ether oxygens (including phenoxy) is 6. The maximum absolute atomic E-state index is 14.5. The van der Waals surface area contributed by atoms with Gasteiger partial charge in [-0.25, -0.2) is 9.59 Å². The van der Waals surface area contributed by atoms with Crippen LogP contribution in [0, 0.1) is 0 Å². The Kier molecular flexibility index (Phi) is 10.3. The predicted molar refractivity (Wildman–Crippen MR) is 165 cm³/mol. The van der Waals surface area contributed by atoms with Gasteiger partial charge in [0.05, 0.1) is 13.2 Å². The van der Waals surface area contributed by atoms with Crippen LogP contribution >= 0.6 is 0 Å². The lowest BCUT2D eigenvalue weighted by atomic mass is 9.74. The monoisotopic (exact) mass is 626 g/mol. The Bertz CT molecular complexity index is 1320. The van der Waals surface area contributed by atoms with Crippen LogP contribution in [0.1, 0.15) is 65.5 Å². The van der Waals surface area contributed by atoms with Gasteiger partial charge >= 0.3 is 11.9 Å². The van der Waals surface area contributed by atoms with Crippen molar-refractivity contribution in [2.45, 2.75) is 114 Å². The molecule has 0 aromatic heterocycles. The molecule has 0 saturated carbocycles. The molecule has 0 radical (unpaired) electrons. The molecular formula is C35H46O10. The first-order chi connectivity index (χ1) is 21.1. The van der Waals surface area contributed by atoms with Crippen molar-refractivity contribution in [1.29, 1.82) is 0 Å². The summed E-state index contributed by atoms with van der Waals surface area (Å²) in [5, 5.41) is 22.5. The molecule has 2 aliphatic rings. The van der Waals surface area contributed by atoms with Crippen LogP contribution in [-0.2, 0) is 51.2 Å². The first kappa shape index (κ1) is 34.7. The molecule has 0 unspecified atom stereocenters. The van der Waals surface area contributed by atoms with Gasteiger partial charge < -0.3 is 38.6 Å². The second kappa shape index (κ2) is 13.3. The number of aliphatic hydroxyl groups is 2. The number of carbonyl (C=O) groups is 2. The second-order valence-electron chi connectivity index (χ2n) is 13.5. The minimum Gasteiger partial charge on any atom is -0.458 e. The molecule has 246 valence electrons. The first-order valence-corrected chi connectivity index (χ1v) is 15.2. The molecular weight excluding hydrogens is 580 g/mol. The summed E-state index contributed by atoms with van der Waals surface area (Å²) in [6.45, 7) is 13.7. The molecule has 45 heavy (non-hydrogen) atoms. The van der Waals surface area contributed by atoms with Gasteiger partial charge in [0.2, 0.25) is 5.60 Å². The van der Waals surface area contributed by atoms with E-state index in [1.54, 1.807) is 41.5 Å². The number of rotatable bonds is 12. The highest BCUT2D eigenvalue weighted by atomic mass is 16.8. The summed E-state index contributed by atoms with van der Waals surface area (Å²) in [6.07, 6.45) is -3.22. The summed E-state index contributed by atoms with van der Waals surface area (Å²) in [5.74, 6) is -3.79. The number of carbonyl (C=O) groups excluding carboxylic acids is 2. The van der Waals surface area contributed by atoms with E-state index >= 15 is 0 Å². The number of benzene rings is 2.